The SMILES string of the molecule is CCCN(CC(=O)c1c(C)c(C(=O)OC)n(CC)c1C)S(=O)(=O)c1ccc(OC)cc1. The standard InChI is InChI=1S/C22H30N2O6S/c1-7-13-23(31(27,28)18-11-9-17(29-5)10-12-18)14-19(25)20-15(3)21(22(26)30-6)24(8-2)16(20)4/h9-12H,7-8,13-14H2,1-6H3. The maximum Gasteiger partial charge on any atom is 0.354 e. The zero-order chi connectivity index (χ0) is 23.3. The topological polar surface area (TPSA) is 94.9 Å². The lowest BCUT2D eigenvalue weighted by Crippen LogP contribution is -2.36. The second kappa shape index (κ2) is 10.1. The molecule has 1 heterocycles. The highest BCUT2D eigenvalue weighted by atomic mass is 32.2. The number of rotatable bonds is 10. The van der Waals surface area contributed by atoms with Gasteiger partial charge < -0.3 is 14.0 Å². The van der Waals surface area contributed by atoms with Crippen LogP contribution in [0.5, 0.6) is 5.75 Å². The Morgan fingerprint density at radius 1 is 1.06 bits per heavy atom. The number of carbonyl (C=O) groups excluding carboxylic acids is 2. The Balaban J connectivity index is 2.45. The Bertz CT molecular complexity index is 1050. The molecule has 0 amide bonds. The Morgan fingerprint density at radius 3 is 2.16 bits per heavy atom. The van der Waals surface area contributed by atoms with Crippen molar-refractivity contribution < 1.29 is 27.5 Å². The predicted octanol–water partition coefficient (Wildman–Crippen LogP) is 3.20. The van der Waals surface area contributed by atoms with Crippen LogP contribution in [0, 0.1) is 13.8 Å². The molecule has 0 atom stereocenters. The second-order valence-corrected chi connectivity index (χ2v) is 9.05. The molecule has 0 saturated heterocycles. The van der Waals surface area contributed by atoms with E-state index in [4.69, 9.17) is 9.47 Å². The first-order chi connectivity index (χ1) is 14.6. The molecule has 0 radical (unpaired) electrons. The van der Waals surface area contributed by atoms with Crippen molar-refractivity contribution in [3.05, 3.63) is 46.8 Å². The molecule has 8 nitrogen and oxygen atoms in total. The van der Waals surface area contributed by atoms with Crippen LogP contribution in [0.15, 0.2) is 29.2 Å². The first-order valence-corrected chi connectivity index (χ1v) is 11.5. The number of ketones is 1. The summed E-state index contributed by atoms with van der Waals surface area (Å²) >= 11 is 0. The Hall–Kier alpha value is -2.65. The largest absolute Gasteiger partial charge is 0.497 e. The molecular formula is C22H30N2O6S. The molecule has 0 spiro atoms. The minimum absolute atomic E-state index is 0.0874. The van der Waals surface area contributed by atoms with Gasteiger partial charge in [-0.3, -0.25) is 4.79 Å². The number of esters is 1. The lowest BCUT2D eigenvalue weighted by molar-refractivity contribution is 0.0587. The van der Waals surface area contributed by atoms with Crippen molar-refractivity contribution in [2.45, 2.75) is 45.6 Å². The van der Waals surface area contributed by atoms with Gasteiger partial charge in [-0.25, -0.2) is 13.2 Å². The van der Waals surface area contributed by atoms with E-state index in [1.165, 1.54) is 30.7 Å². The molecule has 0 fully saturated rings. The van der Waals surface area contributed by atoms with Crippen LogP contribution in [0.25, 0.3) is 0 Å². The first-order valence-electron chi connectivity index (χ1n) is 10.1. The number of Topliss-reactive ketones (excluding diaryl/α,β-unsaturated/α-hetero) is 1. The summed E-state index contributed by atoms with van der Waals surface area (Å²) in [5.74, 6) is -0.352. The summed E-state index contributed by atoms with van der Waals surface area (Å²) < 4.78 is 39.2. The molecule has 0 N–H and O–H groups in total. The van der Waals surface area contributed by atoms with Gasteiger partial charge in [0.2, 0.25) is 10.0 Å². The molecule has 0 aliphatic heterocycles. The summed E-state index contributed by atoms with van der Waals surface area (Å²) in [6.07, 6.45) is 0.546. The van der Waals surface area contributed by atoms with Gasteiger partial charge in [0.15, 0.2) is 5.78 Å². The van der Waals surface area contributed by atoms with Crippen molar-refractivity contribution >= 4 is 21.8 Å². The first kappa shape index (κ1) is 24.6. The second-order valence-electron chi connectivity index (χ2n) is 7.11. The van der Waals surface area contributed by atoms with Crippen LogP contribution in [0.4, 0.5) is 0 Å². The van der Waals surface area contributed by atoms with E-state index in [1.54, 1.807) is 30.5 Å². The van der Waals surface area contributed by atoms with Crippen molar-refractivity contribution in [2.75, 3.05) is 27.3 Å². The van der Waals surface area contributed by atoms with Gasteiger partial charge in [0.25, 0.3) is 0 Å². The summed E-state index contributed by atoms with van der Waals surface area (Å²) in [6.45, 7) is 7.49. The van der Waals surface area contributed by atoms with Crippen molar-refractivity contribution in [3.63, 3.8) is 0 Å². The van der Waals surface area contributed by atoms with Gasteiger partial charge in [-0.05, 0) is 57.0 Å². The summed E-state index contributed by atoms with van der Waals surface area (Å²) in [5.41, 5.74) is 1.78. The fraction of sp³-hybridized carbons (Fsp3) is 0.455. The molecule has 170 valence electrons. The van der Waals surface area contributed by atoms with Gasteiger partial charge in [-0.1, -0.05) is 6.92 Å². The monoisotopic (exact) mass is 450 g/mol. The zero-order valence-corrected chi connectivity index (χ0v) is 19.7. The van der Waals surface area contributed by atoms with Gasteiger partial charge in [0.1, 0.15) is 11.4 Å². The van der Waals surface area contributed by atoms with E-state index in [-0.39, 0.29) is 23.8 Å². The maximum atomic E-state index is 13.3. The molecule has 9 heteroatoms. The fourth-order valence-corrected chi connectivity index (χ4v) is 5.22. The van der Waals surface area contributed by atoms with Gasteiger partial charge in [0.05, 0.1) is 25.7 Å². The smallest absolute Gasteiger partial charge is 0.354 e. The highest BCUT2D eigenvalue weighted by molar-refractivity contribution is 7.89. The quantitative estimate of drug-likeness (QED) is 0.407. The third-order valence-electron chi connectivity index (χ3n) is 5.23. The van der Waals surface area contributed by atoms with Gasteiger partial charge in [-0.15, -0.1) is 0 Å². The third-order valence-corrected chi connectivity index (χ3v) is 7.09. The van der Waals surface area contributed by atoms with Crippen LogP contribution in [0.3, 0.4) is 0 Å². The minimum Gasteiger partial charge on any atom is -0.497 e. The number of benzene rings is 1. The molecule has 0 aliphatic carbocycles. The highest BCUT2D eigenvalue weighted by Crippen LogP contribution is 2.25. The van der Waals surface area contributed by atoms with Gasteiger partial charge in [0, 0.05) is 24.3 Å². The number of hydrogen-bond acceptors (Lipinski definition) is 6. The zero-order valence-electron chi connectivity index (χ0n) is 18.9. The summed E-state index contributed by atoms with van der Waals surface area (Å²) in [4.78, 5) is 25.6. The average molecular weight is 451 g/mol. The highest BCUT2D eigenvalue weighted by Gasteiger charge is 2.31. The molecule has 1 aromatic heterocycles. The number of nitrogens with zero attached hydrogens (tertiary/aromatic N) is 2. The Kier molecular flexibility index (Phi) is 8.02. The molecule has 1 aromatic carbocycles. The minimum atomic E-state index is -3.89. The number of aromatic nitrogens is 1. The van der Waals surface area contributed by atoms with Gasteiger partial charge >= 0.3 is 5.97 Å². The van der Waals surface area contributed by atoms with Crippen LogP contribution in [-0.4, -0.2) is 56.4 Å². The van der Waals surface area contributed by atoms with Crippen LogP contribution < -0.4 is 4.74 Å². The van der Waals surface area contributed by atoms with Gasteiger partial charge in [-0.2, -0.15) is 4.31 Å². The summed E-state index contributed by atoms with van der Waals surface area (Å²) in [6, 6.07) is 6.05. The predicted molar refractivity (Wildman–Crippen MR) is 117 cm³/mol. The molecule has 0 unspecified atom stereocenters. The summed E-state index contributed by atoms with van der Waals surface area (Å²) in [7, 11) is -1.10. The molecule has 0 saturated carbocycles. The lowest BCUT2D eigenvalue weighted by atomic mass is 10.1. The van der Waals surface area contributed by atoms with Crippen molar-refractivity contribution in [1.29, 1.82) is 0 Å². The third kappa shape index (κ3) is 4.83. The van der Waals surface area contributed by atoms with E-state index >= 15 is 0 Å². The number of sulfonamides is 1. The van der Waals surface area contributed by atoms with Crippen molar-refractivity contribution in [3.8, 4) is 5.75 Å². The van der Waals surface area contributed by atoms with Crippen molar-refractivity contribution in [1.82, 2.24) is 8.87 Å². The van der Waals surface area contributed by atoms with Crippen LogP contribution in [0.1, 0.15) is 52.4 Å². The Morgan fingerprint density at radius 2 is 1.68 bits per heavy atom. The molecule has 0 aliphatic rings. The number of ether oxygens (including phenoxy) is 2. The average Bonchev–Trinajstić information content (AvgIpc) is 3.02. The fourth-order valence-electron chi connectivity index (χ4n) is 3.73. The molecular weight excluding hydrogens is 420 g/mol. The number of hydrogen-bond donors (Lipinski definition) is 0. The van der Waals surface area contributed by atoms with Crippen LogP contribution in [0.2, 0.25) is 0 Å². The van der Waals surface area contributed by atoms with E-state index in [2.05, 4.69) is 0 Å². The lowest BCUT2D eigenvalue weighted by Gasteiger charge is -2.21. The summed E-state index contributed by atoms with van der Waals surface area (Å²) in [5, 5.41) is 0. The Labute approximate surface area is 183 Å². The molecule has 0 bridgehead atoms. The molecule has 31 heavy (non-hydrogen) atoms. The number of carbonyl (C=O) groups is 2. The van der Waals surface area contributed by atoms with Crippen LogP contribution in [-0.2, 0) is 21.3 Å². The van der Waals surface area contributed by atoms with Crippen LogP contribution >= 0.6 is 0 Å². The van der Waals surface area contributed by atoms with Crippen molar-refractivity contribution in [2.24, 2.45) is 0 Å². The normalized spacial score (nSPS) is 11.6. The maximum absolute atomic E-state index is 13.3. The van der Waals surface area contributed by atoms with E-state index < -0.39 is 16.0 Å². The molecule has 2 rings (SSSR count). The van der Waals surface area contributed by atoms with E-state index in [0.29, 0.717) is 41.2 Å². The van der Waals surface area contributed by atoms with E-state index in [9.17, 15) is 18.0 Å². The molecule has 2 aromatic rings. The number of methoxy groups -OCH3 is 2. The van der Waals surface area contributed by atoms with E-state index in [0.717, 1.165) is 0 Å². The van der Waals surface area contributed by atoms with E-state index in [1.807, 2.05) is 13.8 Å².